The van der Waals surface area contributed by atoms with Crippen LogP contribution in [0.15, 0.2) is 24.3 Å². The van der Waals surface area contributed by atoms with E-state index < -0.39 is 0 Å². The summed E-state index contributed by atoms with van der Waals surface area (Å²) in [5.41, 5.74) is 4.67. The number of aryl methyl sites for hydroxylation is 2. The molecule has 5 nitrogen and oxygen atoms in total. The molecule has 0 spiro atoms. The Balaban J connectivity index is 2.11. The number of benzene rings is 2. The molecule has 0 saturated heterocycles. The zero-order valence-corrected chi connectivity index (χ0v) is 15.9. The van der Waals surface area contributed by atoms with Gasteiger partial charge in [0.15, 0.2) is 11.5 Å². The molecule has 25 heavy (non-hydrogen) atoms. The first-order chi connectivity index (χ1) is 12.0. The van der Waals surface area contributed by atoms with Crippen molar-refractivity contribution in [3.8, 4) is 23.0 Å². The Hall–Kier alpha value is -2.40. The molecule has 0 aliphatic carbocycles. The SMILES string of the molecule is COc1cc(C)c(CNCc2cc(OC)c(OC)c(OC)c2)cc1C. The first kappa shape index (κ1) is 18.9. The first-order valence-electron chi connectivity index (χ1n) is 8.17. The van der Waals surface area contributed by atoms with E-state index in [0.717, 1.165) is 23.4 Å². The molecule has 0 heterocycles. The Bertz CT molecular complexity index is 703. The van der Waals surface area contributed by atoms with Crippen LogP contribution in [0.5, 0.6) is 23.0 Å². The van der Waals surface area contributed by atoms with Crippen LogP contribution in [0.3, 0.4) is 0 Å². The number of rotatable bonds is 8. The summed E-state index contributed by atoms with van der Waals surface area (Å²) < 4.78 is 21.5. The van der Waals surface area contributed by atoms with E-state index in [-0.39, 0.29) is 0 Å². The third-order valence-corrected chi connectivity index (χ3v) is 4.22. The maximum Gasteiger partial charge on any atom is 0.203 e. The summed E-state index contributed by atoms with van der Waals surface area (Å²) in [5, 5.41) is 3.47. The van der Waals surface area contributed by atoms with Gasteiger partial charge in [-0.2, -0.15) is 0 Å². The molecule has 0 aromatic heterocycles. The average molecular weight is 345 g/mol. The van der Waals surface area contributed by atoms with Crippen LogP contribution >= 0.6 is 0 Å². The summed E-state index contributed by atoms with van der Waals surface area (Å²) in [6.07, 6.45) is 0. The highest BCUT2D eigenvalue weighted by Gasteiger charge is 2.13. The molecule has 0 aliphatic rings. The van der Waals surface area contributed by atoms with Crippen LogP contribution in [0.25, 0.3) is 0 Å². The lowest BCUT2D eigenvalue weighted by atomic mass is 10.0. The van der Waals surface area contributed by atoms with Crippen LogP contribution in [0.4, 0.5) is 0 Å². The largest absolute Gasteiger partial charge is 0.496 e. The third kappa shape index (κ3) is 4.37. The molecule has 0 bridgehead atoms. The van der Waals surface area contributed by atoms with Gasteiger partial charge in [0, 0.05) is 13.1 Å². The lowest BCUT2D eigenvalue weighted by molar-refractivity contribution is 0.323. The van der Waals surface area contributed by atoms with E-state index in [9.17, 15) is 0 Å². The zero-order valence-electron chi connectivity index (χ0n) is 15.9. The van der Waals surface area contributed by atoms with Crippen LogP contribution in [0.1, 0.15) is 22.3 Å². The van der Waals surface area contributed by atoms with Crippen LogP contribution in [-0.2, 0) is 13.1 Å². The predicted molar refractivity (Wildman–Crippen MR) is 99.1 cm³/mol. The molecule has 2 rings (SSSR count). The summed E-state index contributed by atoms with van der Waals surface area (Å²) in [4.78, 5) is 0. The Kier molecular flexibility index (Phi) is 6.53. The van der Waals surface area contributed by atoms with Gasteiger partial charge in [0.2, 0.25) is 5.75 Å². The van der Waals surface area contributed by atoms with Crippen LogP contribution in [0, 0.1) is 13.8 Å². The van der Waals surface area contributed by atoms with E-state index in [1.165, 1.54) is 11.1 Å². The van der Waals surface area contributed by atoms with Gasteiger partial charge in [-0.25, -0.2) is 0 Å². The van der Waals surface area contributed by atoms with Crippen LogP contribution in [0.2, 0.25) is 0 Å². The lowest BCUT2D eigenvalue weighted by Gasteiger charge is -2.15. The normalized spacial score (nSPS) is 10.5. The molecule has 2 aromatic rings. The van der Waals surface area contributed by atoms with E-state index in [2.05, 4.69) is 31.3 Å². The van der Waals surface area contributed by atoms with Crippen molar-refractivity contribution in [3.05, 3.63) is 46.5 Å². The molecule has 0 saturated carbocycles. The molecule has 2 aromatic carbocycles. The molecular formula is C20H27NO4. The topological polar surface area (TPSA) is 49.0 Å². The second kappa shape index (κ2) is 8.62. The molecule has 5 heteroatoms. The van der Waals surface area contributed by atoms with Crippen molar-refractivity contribution in [1.29, 1.82) is 0 Å². The molecule has 0 aliphatic heterocycles. The van der Waals surface area contributed by atoms with E-state index in [4.69, 9.17) is 18.9 Å². The van der Waals surface area contributed by atoms with Crippen molar-refractivity contribution in [3.63, 3.8) is 0 Å². The van der Waals surface area contributed by atoms with Crippen molar-refractivity contribution in [1.82, 2.24) is 5.32 Å². The maximum atomic E-state index is 5.40. The molecule has 1 N–H and O–H groups in total. The van der Waals surface area contributed by atoms with Gasteiger partial charge in [-0.1, -0.05) is 6.07 Å². The van der Waals surface area contributed by atoms with E-state index in [1.54, 1.807) is 28.4 Å². The van der Waals surface area contributed by atoms with Crippen molar-refractivity contribution in [2.45, 2.75) is 26.9 Å². The number of hydrogen-bond donors (Lipinski definition) is 1. The molecule has 0 fully saturated rings. The van der Waals surface area contributed by atoms with Crippen molar-refractivity contribution >= 4 is 0 Å². The summed E-state index contributed by atoms with van der Waals surface area (Å²) in [5.74, 6) is 2.85. The minimum absolute atomic E-state index is 0.607. The smallest absolute Gasteiger partial charge is 0.203 e. The summed E-state index contributed by atoms with van der Waals surface area (Å²) in [6, 6.07) is 8.16. The quantitative estimate of drug-likeness (QED) is 0.792. The fraction of sp³-hybridized carbons (Fsp3) is 0.400. The van der Waals surface area contributed by atoms with E-state index >= 15 is 0 Å². The second-order valence-corrected chi connectivity index (χ2v) is 5.89. The lowest BCUT2D eigenvalue weighted by Crippen LogP contribution is -2.14. The Morgan fingerprint density at radius 2 is 1.28 bits per heavy atom. The van der Waals surface area contributed by atoms with Gasteiger partial charge in [0.05, 0.1) is 28.4 Å². The number of ether oxygens (including phenoxy) is 4. The highest BCUT2D eigenvalue weighted by molar-refractivity contribution is 5.53. The fourth-order valence-electron chi connectivity index (χ4n) is 2.84. The number of nitrogens with one attached hydrogen (secondary N) is 1. The third-order valence-electron chi connectivity index (χ3n) is 4.22. The Labute approximate surface area is 149 Å². The molecule has 0 atom stereocenters. The molecule has 136 valence electrons. The molecule has 0 radical (unpaired) electrons. The minimum Gasteiger partial charge on any atom is -0.496 e. The first-order valence-corrected chi connectivity index (χ1v) is 8.17. The predicted octanol–water partition coefficient (Wildman–Crippen LogP) is 3.63. The maximum absolute atomic E-state index is 5.40. The summed E-state index contributed by atoms with van der Waals surface area (Å²) >= 11 is 0. The van der Waals surface area contributed by atoms with Crippen LogP contribution < -0.4 is 24.3 Å². The van der Waals surface area contributed by atoms with Gasteiger partial charge < -0.3 is 24.3 Å². The number of hydrogen-bond acceptors (Lipinski definition) is 5. The van der Waals surface area contributed by atoms with Gasteiger partial charge in [-0.3, -0.25) is 0 Å². The summed E-state index contributed by atoms with van der Waals surface area (Å²) in [6.45, 7) is 5.62. The second-order valence-electron chi connectivity index (χ2n) is 5.89. The summed E-state index contributed by atoms with van der Waals surface area (Å²) in [7, 11) is 6.55. The Morgan fingerprint density at radius 3 is 1.80 bits per heavy atom. The fourth-order valence-corrected chi connectivity index (χ4v) is 2.84. The molecule has 0 amide bonds. The highest BCUT2D eigenvalue weighted by Crippen LogP contribution is 2.38. The van der Waals surface area contributed by atoms with E-state index in [1.807, 2.05) is 12.1 Å². The standard InChI is InChI=1S/C20H27NO4/c1-13-8-17(22-3)14(2)7-16(13)12-21-11-15-9-18(23-4)20(25-6)19(10-15)24-5/h7-10,21H,11-12H2,1-6H3. The Morgan fingerprint density at radius 1 is 0.680 bits per heavy atom. The molecule has 0 unspecified atom stereocenters. The van der Waals surface area contributed by atoms with Crippen molar-refractivity contribution in [2.75, 3.05) is 28.4 Å². The highest BCUT2D eigenvalue weighted by atomic mass is 16.5. The van der Waals surface area contributed by atoms with Gasteiger partial charge >= 0.3 is 0 Å². The van der Waals surface area contributed by atoms with Gasteiger partial charge in [-0.05, 0) is 54.3 Å². The van der Waals surface area contributed by atoms with Crippen molar-refractivity contribution < 1.29 is 18.9 Å². The van der Waals surface area contributed by atoms with Gasteiger partial charge in [0.25, 0.3) is 0 Å². The average Bonchev–Trinajstić information content (AvgIpc) is 2.63. The number of methoxy groups -OCH3 is 4. The van der Waals surface area contributed by atoms with Gasteiger partial charge in [-0.15, -0.1) is 0 Å². The van der Waals surface area contributed by atoms with Gasteiger partial charge in [0.1, 0.15) is 5.75 Å². The monoisotopic (exact) mass is 345 g/mol. The zero-order chi connectivity index (χ0) is 18.4. The molecular weight excluding hydrogens is 318 g/mol. The van der Waals surface area contributed by atoms with Crippen molar-refractivity contribution in [2.24, 2.45) is 0 Å². The minimum atomic E-state index is 0.607. The van der Waals surface area contributed by atoms with Crippen LogP contribution in [-0.4, -0.2) is 28.4 Å². The van der Waals surface area contributed by atoms with E-state index in [0.29, 0.717) is 23.8 Å².